The number of amides is 1. The molecule has 0 saturated heterocycles. The Balaban J connectivity index is 2.99. The molecule has 0 saturated carbocycles. The van der Waals surface area contributed by atoms with E-state index in [9.17, 15) is 25.1 Å². The Morgan fingerprint density at radius 1 is 1.40 bits per heavy atom. The number of hydrogen-bond acceptors (Lipinski definition) is 5. The monoisotopic (exact) mass is 282 g/mol. The van der Waals surface area contributed by atoms with Crippen LogP contribution in [0.1, 0.15) is 29.3 Å². The smallest absolute Gasteiger partial charge is 0.272 e. The molecule has 20 heavy (non-hydrogen) atoms. The molecule has 7 heteroatoms. The second kappa shape index (κ2) is 6.44. The van der Waals surface area contributed by atoms with Gasteiger partial charge in [-0.15, -0.1) is 0 Å². The predicted octanol–water partition coefficient (Wildman–Crippen LogP) is 0.766. The van der Waals surface area contributed by atoms with Crippen LogP contribution in [-0.4, -0.2) is 39.8 Å². The third kappa shape index (κ3) is 3.31. The van der Waals surface area contributed by atoms with E-state index in [1.165, 1.54) is 18.2 Å². The molecule has 0 aliphatic heterocycles. The lowest BCUT2D eigenvalue weighted by molar-refractivity contribution is -0.385. The van der Waals surface area contributed by atoms with Gasteiger partial charge in [0.15, 0.2) is 0 Å². The number of benzene rings is 1. The number of hydrogen-bond donors (Lipinski definition) is 3. The van der Waals surface area contributed by atoms with Crippen LogP contribution in [0.15, 0.2) is 18.2 Å². The van der Waals surface area contributed by atoms with Crippen molar-refractivity contribution in [2.45, 2.75) is 25.8 Å². The van der Waals surface area contributed by atoms with E-state index in [2.05, 4.69) is 5.32 Å². The van der Waals surface area contributed by atoms with Gasteiger partial charge in [-0.05, 0) is 25.5 Å². The first kappa shape index (κ1) is 16.1. The highest BCUT2D eigenvalue weighted by Crippen LogP contribution is 2.19. The van der Waals surface area contributed by atoms with E-state index < -0.39 is 29.6 Å². The minimum atomic E-state index is -1.09. The van der Waals surface area contributed by atoms with Crippen LogP contribution in [0.3, 0.4) is 0 Å². The molecule has 1 amide bonds. The van der Waals surface area contributed by atoms with Crippen molar-refractivity contribution in [2.75, 3.05) is 13.2 Å². The number of nitrogens with one attached hydrogen (secondary N) is 1. The molecular formula is C13H18N2O5. The van der Waals surface area contributed by atoms with Gasteiger partial charge in [-0.2, -0.15) is 0 Å². The molecule has 0 atom stereocenters. The van der Waals surface area contributed by atoms with Crippen LogP contribution in [0.5, 0.6) is 0 Å². The minimum absolute atomic E-state index is 0.0624. The van der Waals surface area contributed by atoms with E-state index in [4.69, 9.17) is 0 Å². The number of nitro benzene ring substituents is 1. The molecule has 0 aliphatic rings. The predicted molar refractivity (Wildman–Crippen MR) is 72.5 cm³/mol. The van der Waals surface area contributed by atoms with Gasteiger partial charge in [0.05, 0.1) is 23.7 Å². The van der Waals surface area contributed by atoms with E-state index in [1.807, 2.05) is 0 Å². The van der Waals surface area contributed by atoms with Crippen molar-refractivity contribution in [1.82, 2.24) is 5.32 Å². The fourth-order valence-corrected chi connectivity index (χ4v) is 1.76. The molecule has 110 valence electrons. The van der Waals surface area contributed by atoms with Gasteiger partial charge < -0.3 is 15.5 Å². The van der Waals surface area contributed by atoms with E-state index in [0.717, 1.165) is 0 Å². The molecule has 0 fully saturated rings. The Labute approximate surface area is 116 Å². The normalized spacial score (nSPS) is 11.2. The molecule has 0 aliphatic carbocycles. The summed E-state index contributed by atoms with van der Waals surface area (Å²) in [6.07, 6.45) is 0.359. The van der Waals surface area contributed by atoms with Gasteiger partial charge >= 0.3 is 0 Å². The van der Waals surface area contributed by atoms with Gasteiger partial charge in [-0.25, -0.2) is 0 Å². The number of aliphatic hydroxyl groups is 2. The molecule has 0 aromatic heterocycles. The van der Waals surface area contributed by atoms with Crippen LogP contribution in [0, 0.1) is 17.0 Å². The second-order valence-electron chi connectivity index (χ2n) is 4.66. The number of carbonyl (C=O) groups is 1. The number of nitrogens with zero attached hydrogens (tertiary/aromatic N) is 1. The van der Waals surface area contributed by atoms with Crippen molar-refractivity contribution in [2.24, 2.45) is 0 Å². The number of aliphatic hydroxyl groups excluding tert-OH is 2. The highest BCUT2D eigenvalue weighted by Gasteiger charge is 2.29. The number of aryl methyl sites for hydroxylation is 1. The summed E-state index contributed by atoms with van der Waals surface area (Å²) in [4.78, 5) is 22.3. The van der Waals surface area contributed by atoms with Crippen molar-refractivity contribution in [3.05, 3.63) is 39.4 Å². The van der Waals surface area contributed by atoms with Crippen molar-refractivity contribution in [1.29, 1.82) is 0 Å². The van der Waals surface area contributed by atoms with Gasteiger partial charge in [0, 0.05) is 17.2 Å². The van der Waals surface area contributed by atoms with Crippen molar-refractivity contribution in [3.8, 4) is 0 Å². The SMILES string of the molecule is CCC(CO)(CO)NC(=O)c1ccc([N+](=O)[O-])c(C)c1. The van der Waals surface area contributed by atoms with Crippen LogP contribution in [-0.2, 0) is 0 Å². The van der Waals surface area contributed by atoms with Crippen molar-refractivity contribution < 1.29 is 19.9 Å². The van der Waals surface area contributed by atoms with Gasteiger partial charge in [-0.3, -0.25) is 14.9 Å². The molecule has 1 aromatic rings. The molecule has 0 spiro atoms. The van der Waals surface area contributed by atoms with Crippen LogP contribution >= 0.6 is 0 Å². The highest BCUT2D eigenvalue weighted by molar-refractivity contribution is 5.95. The number of carbonyl (C=O) groups excluding carboxylic acids is 1. The molecule has 1 rings (SSSR count). The molecule has 7 nitrogen and oxygen atoms in total. The molecule has 3 N–H and O–H groups in total. The van der Waals surface area contributed by atoms with Gasteiger partial charge in [0.2, 0.25) is 0 Å². The quantitative estimate of drug-likeness (QED) is 0.527. The summed E-state index contributed by atoms with van der Waals surface area (Å²) in [7, 11) is 0. The van der Waals surface area contributed by atoms with E-state index in [1.54, 1.807) is 13.8 Å². The van der Waals surface area contributed by atoms with Crippen LogP contribution in [0.4, 0.5) is 5.69 Å². The fraction of sp³-hybridized carbons (Fsp3) is 0.462. The Hall–Kier alpha value is -1.99. The summed E-state index contributed by atoms with van der Waals surface area (Å²) < 4.78 is 0. The van der Waals surface area contributed by atoms with Crippen molar-refractivity contribution >= 4 is 11.6 Å². The van der Waals surface area contributed by atoms with Gasteiger partial charge in [-0.1, -0.05) is 6.92 Å². The molecular weight excluding hydrogens is 264 g/mol. The van der Waals surface area contributed by atoms with E-state index in [-0.39, 0.29) is 11.3 Å². The van der Waals surface area contributed by atoms with Crippen LogP contribution < -0.4 is 5.32 Å². The Kier molecular flexibility index (Phi) is 5.18. The average Bonchev–Trinajstić information content (AvgIpc) is 2.44. The standard InChI is InChI=1S/C13H18N2O5/c1-3-13(7-16,8-17)14-12(18)10-4-5-11(15(19)20)9(2)6-10/h4-6,16-17H,3,7-8H2,1-2H3,(H,14,18). The fourth-order valence-electron chi connectivity index (χ4n) is 1.76. The topological polar surface area (TPSA) is 113 Å². The van der Waals surface area contributed by atoms with Gasteiger partial charge in [0.1, 0.15) is 0 Å². The summed E-state index contributed by atoms with van der Waals surface area (Å²) in [5.74, 6) is -0.493. The largest absolute Gasteiger partial charge is 0.394 e. The Bertz CT molecular complexity index is 503. The van der Waals surface area contributed by atoms with Crippen LogP contribution in [0.25, 0.3) is 0 Å². The third-order valence-corrected chi connectivity index (χ3v) is 3.32. The maximum Gasteiger partial charge on any atom is 0.272 e. The minimum Gasteiger partial charge on any atom is -0.394 e. The highest BCUT2D eigenvalue weighted by atomic mass is 16.6. The number of rotatable bonds is 6. The maximum absolute atomic E-state index is 12.1. The first-order valence-corrected chi connectivity index (χ1v) is 6.18. The lowest BCUT2D eigenvalue weighted by Crippen LogP contribution is -2.53. The van der Waals surface area contributed by atoms with E-state index >= 15 is 0 Å². The second-order valence-corrected chi connectivity index (χ2v) is 4.66. The Morgan fingerprint density at radius 3 is 2.40 bits per heavy atom. The Morgan fingerprint density at radius 2 is 2.00 bits per heavy atom. The summed E-state index contributed by atoms with van der Waals surface area (Å²) in [5, 5.41) is 31.8. The molecule has 1 aromatic carbocycles. The summed E-state index contributed by atoms with van der Waals surface area (Å²) in [5.41, 5.74) is -0.537. The molecule has 0 heterocycles. The third-order valence-electron chi connectivity index (χ3n) is 3.32. The summed E-state index contributed by atoms with van der Waals surface area (Å²) >= 11 is 0. The zero-order chi connectivity index (χ0) is 15.3. The van der Waals surface area contributed by atoms with Crippen LogP contribution in [0.2, 0.25) is 0 Å². The summed E-state index contributed by atoms with van der Waals surface area (Å²) in [6, 6.07) is 4.01. The van der Waals surface area contributed by atoms with Gasteiger partial charge in [0.25, 0.3) is 11.6 Å². The first-order valence-electron chi connectivity index (χ1n) is 6.18. The first-order chi connectivity index (χ1) is 9.39. The maximum atomic E-state index is 12.1. The molecule has 0 unspecified atom stereocenters. The van der Waals surface area contributed by atoms with E-state index in [0.29, 0.717) is 12.0 Å². The van der Waals surface area contributed by atoms with Crippen molar-refractivity contribution in [3.63, 3.8) is 0 Å². The summed E-state index contributed by atoms with van der Waals surface area (Å²) in [6.45, 7) is 2.49. The molecule has 0 bridgehead atoms. The lowest BCUT2D eigenvalue weighted by Gasteiger charge is -2.29. The molecule has 0 radical (unpaired) electrons. The lowest BCUT2D eigenvalue weighted by atomic mass is 9.97. The zero-order valence-electron chi connectivity index (χ0n) is 11.4. The average molecular weight is 282 g/mol. The zero-order valence-corrected chi connectivity index (χ0v) is 11.4. The number of nitro groups is 1.